The molecule has 1 aromatic heterocycles. The molecule has 0 spiro atoms. The summed E-state index contributed by atoms with van der Waals surface area (Å²) in [4.78, 5) is 4.16. The van der Waals surface area contributed by atoms with Crippen molar-refractivity contribution in [2.75, 3.05) is 0 Å². The molecule has 0 aliphatic rings. The Balaban J connectivity index is 2.78. The maximum atomic E-state index is 5.64. The summed E-state index contributed by atoms with van der Waals surface area (Å²) in [6.07, 6.45) is 5.66. The van der Waals surface area contributed by atoms with E-state index in [2.05, 4.69) is 53.2 Å². The molecule has 0 aliphatic carbocycles. The lowest BCUT2D eigenvalue weighted by Crippen LogP contribution is -2.46. The van der Waals surface area contributed by atoms with Crippen LogP contribution in [0.25, 0.3) is 0 Å². The highest BCUT2D eigenvalue weighted by Crippen LogP contribution is 2.27. The van der Waals surface area contributed by atoms with Crippen molar-refractivity contribution in [2.24, 2.45) is 11.3 Å². The third-order valence-electron chi connectivity index (χ3n) is 3.26. The molecule has 4 heteroatoms. The number of pyridine rings is 1. The lowest BCUT2D eigenvalue weighted by atomic mass is 9.79. The Labute approximate surface area is 106 Å². The highest BCUT2D eigenvalue weighted by Gasteiger charge is 2.26. The van der Waals surface area contributed by atoms with Crippen LogP contribution in [0.15, 0.2) is 22.9 Å². The zero-order valence-corrected chi connectivity index (χ0v) is 11.7. The lowest BCUT2D eigenvalue weighted by Gasteiger charge is -2.33. The van der Waals surface area contributed by atoms with E-state index in [1.807, 2.05) is 6.20 Å². The van der Waals surface area contributed by atoms with Crippen molar-refractivity contribution in [1.29, 1.82) is 0 Å². The van der Waals surface area contributed by atoms with Crippen LogP contribution >= 0.6 is 15.9 Å². The molecule has 1 heterocycles. The fourth-order valence-corrected chi connectivity index (χ4v) is 2.02. The molecule has 16 heavy (non-hydrogen) atoms. The molecule has 0 aliphatic heterocycles. The SMILES string of the molecule is CCC(C)(C)C(Cc1cncc(Br)c1)NN. The summed E-state index contributed by atoms with van der Waals surface area (Å²) in [7, 11) is 0. The molecule has 0 bridgehead atoms. The van der Waals surface area contributed by atoms with Gasteiger partial charge in [0.05, 0.1) is 0 Å². The van der Waals surface area contributed by atoms with Gasteiger partial charge in [0, 0.05) is 22.9 Å². The largest absolute Gasteiger partial charge is 0.271 e. The van der Waals surface area contributed by atoms with Gasteiger partial charge in [0.2, 0.25) is 0 Å². The van der Waals surface area contributed by atoms with E-state index in [1.165, 1.54) is 5.56 Å². The molecule has 1 aromatic rings. The zero-order chi connectivity index (χ0) is 12.2. The molecule has 0 fully saturated rings. The second-order valence-electron chi connectivity index (χ2n) is 4.78. The van der Waals surface area contributed by atoms with E-state index in [4.69, 9.17) is 5.84 Å². The van der Waals surface area contributed by atoms with Crippen molar-refractivity contribution < 1.29 is 0 Å². The average molecular weight is 286 g/mol. The first kappa shape index (κ1) is 13.6. The first-order chi connectivity index (χ1) is 7.49. The van der Waals surface area contributed by atoms with E-state index in [0.29, 0.717) is 0 Å². The van der Waals surface area contributed by atoms with Gasteiger partial charge in [0.25, 0.3) is 0 Å². The lowest BCUT2D eigenvalue weighted by molar-refractivity contribution is 0.231. The zero-order valence-electron chi connectivity index (χ0n) is 10.1. The van der Waals surface area contributed by atoms with Gasteiger partial charge in [-0.3, -0.25) is 16.3 Å². The normalized spacial score (nSPS) is 13.8. The van der Waals surface area contributed by atoms with Crippen LogP contribution in [0.5, 0.6) is 0 Å². The van der Waals surface area contributed by atoms with Gasteiger partial charge < -0.3 is 0 Å². The minimum atomic E-state index is 0.178. The fourth-order valence-electron chi connectivity index (χ4n) is 1.61. The summed E-state index contributed by atoms with van der Waals surface area (Å²) in [5, 5.41) is 0. The van der Waals surface area contributed by atoms with Crippen LogP contribution in [-0.4, -0.2) is 11.0 Å². The topological polar surface area (TPSA) is 50.9 Å². The van der Waals surface area contributed by atoms with Crippen LogP contribution in [0.4, 0.5) is 0 Å². The summed E-state index contributed by atoms with van der Waals surface area (Å²) < 4.78 is 1.01. The highest BCUT2D eigenvalue weighted by atomic mass is 79.9. The maximum Gasteiger partial charge on any atom is 0.0410 e. The molecule has 3 nitrogen and oxygen atoms in total. The Hall–Kier alpha value is -0.450. The van der Waals surface area contributed by atoms with Crippen LogP contribution in [-0.2, 0) is 6.42 Å². The van der Waals surface area contributed by atoms with E-state index in [-0.39, 0.29) is 11.5 Å². The predicted molar refractivity (Wildman–Crippen MR) is 70.8 cm³/mol. The third-order valence-corrected chi connectivity index (χ3v) is 3.69. The molecule has 0 aromatic carbocycles. The van der Waals surface area contributed by atoms with Crippen molar-refractivity contribution in [3.63, 3.8) is 0 Å². The molecule has 0 amide bonds. The van der Waals surface area contributed by atoms with E-state index >= 15 is 0 Å². The number of nitrogens with zero attached hydrogens (tertiary/aromatic N) is 1. The van der Waals surface area contributed by atoms with E-state index in [0.717, 1.165) is 17.3 Å². The van der Waals surface area contributed by atoms with Gasteiger partial charge in [-0.25, -0.2) is 0 Å². The molecule has 0 saturated heterocycles. The van der Waals surface area contributed by atoms with Crippen LogP contribution in [0.1, 0.15) is 32.8 Å². The Bertz CT molecular complexity index is 339. The number of aromatic nitrogens is 1. The van der Waals surface area contributed by atoms with Gasteiger partial charge >= 0.3 is 0 Å². The standard InChI is InChI=1S/C12H20BrN3/c1-4-12(2,3)11(16-14)6-9-5-10(13)8-15-7-9/h5,7-8,11,16H,4,6,14H2,1-3H3. The third kappa shape index (κ3) is 3.54. The van der Waals surface area contributed by atoms with Crippen LogP contribution < -0.4 is 11.3 Å². The summed E-state index contributed by atoms with van der Waals surface area (Å²) in [6.45, 7) is 6.63. The molecule has 1 rings (SSSR count). The number of hydrogen-bond donors (Lipinski definition) is 2. The number of rotatable bonds is 5. The first-order valence-corrected chi connectivity index (χ1v) is 6.34. The minimum Gasteiger partial charge on any atom is -0.271 e. The number of halogens is 1. The van der Waals surface area contributed by atoms with E-state index in [1.54, 1.807) is 6.20 Å². The number of nitrogens with two attached hydrogens (primary N) is 1. The number of nitrogens with one attached hydrogen (secondary N) is 1. The van der Waals surface area contributed by atoms with Crippen molar-refractivity contribution in [3.8, 4) is 0 Å². The van der Waals surface area contributed by atoms with Crippen LogP contribution in [0.3, 0.4) is 0 Å². The Morgan fingerprint density at radius 1 is 1.50 bits per heavy atom. The molecule has 1 atom stereocenters. The summed E-state index contributed by atoms with van der Waals surface area (Å²) in [5.41, 5.74) is 4.29. The molecule has 0 saturated carbocycles. The quantitative estimate of drug-likeness (QED) is 0.646. The van der Waals surface area contributed by atoms with Gasteiger partial charge in [-0.1, -0.05) is 20.8 Å². The predicted octanol–water partition coefficient (Wildman–Crippen LogP) is 2.65. The average Bonchev–Trinajstić information content (AvgIpc) is 2.25. The van der Waals surface area contributed by atoms with Crippen molar-refractivity contribution in [3.05, 3.63) is 28.5 Å². The molecule has 90 valence electrons. The Morgan fingerprint density at radius 3 is 2.69 bits per heavy atom. The van der Waals surface area contributed by atoms with Crippen molar-refractivity contribution in [2.45, 2.75) is 39.7 Å². The molecular weight excluding hydrogens is 266 g/mol. The van der Waals surface area contributed by atoms with Crippen LogP contribution in [0.2, 0.25) is 0 Å². The smallest absolute Gasteiger partial charge is 0.0410 e. The molecule has 3 N–H and O–H groups in total. The van der Waals surface area contributed by atoms with E-state index < -0.39 is 0 Å². The number of hydrogen-bond acceptors (Lipinski definition) is 3. The minimum absolute atomic E-state index is 0.178. The maximum absolute atomic E-state index is 5.64. The summed E-state index contributed by atoms with van der Waals surface area (Å²) >= 11 is 3.43. The van der Waals surface area contributed by atoms with Crippen molar-refractivity contribution >= 4 is 15.9 Å². The van der Waals surface area contributed by atoms with Gasteiger partial charge in [-0.05, 0) is 45.8 Å². The molecule has 1 unspecified atom stereocenters. The second kappa shape index (κ2) is 5.75. The van der Waals surface area contributed by atoms with Gasteiger partial charge in [0.1, 0.15) is 0 Å². The van der Waals surface area contributed by atoms with Gasteiger partial charge in [-0.15, -0.1) is 0 Å². The second-order valence-corrected chi connectivity index (χ2v) is 5.69. The Kier molecular flexibility index (Phi) is 4.89. The van der Waals surface area contributed by atoms with Crippen molar-refractivity contribution in [1.82, 2.24) is 10.4 Å². The summed E-state index contributed by atoms with van der Waals surface area (Å²) in [5.74, 6) is 5.64. The van der Waals surface area contributed by atoms with Gasteiger partial charge in [-0.2, -0.15) is 0 Å². The molecular formula is C12H20BrN3. The summed E-state index contributed by atoms with van der Waals surface area (Å²) in [6, 6.07) is 2.34. The molecule has 0 radical (unpaired) electrons. The highest BCUT2D eigenvalue weighted by molar-refractivity contribution is 9.10. The Morgan fingerprint density at radius 2 is 2.19 bits per heavy atom. The monoisotopic (exact) mass is 285 g/mol. The first-order valence-electron chi connectivity index (χ1n) is 5.55. The van der Waals surface area contributed by atoms with E-state index in [9.17, 15) is 0 Å². The fraction of sp³-hybridized carbons (Fsp3) is 0.583. The van der Waals surface area contributed by atoms with Gasteiger partial charge in [0.15, 0.2) is 0 Å². The van der Waals surface area contributed by atoms with Crippen LogP contribution in [0, 0.1) is 5.41 Å². The number of hydrazine groups is 1.